The Morgan fingerprint density at radius 3 is 2.68 bits per heavy atom. The fourth-order valence-corrected chi connectivity index (χ4v) is 2.91. The molecular weight excluding hydrogens is 336 g/mol. The molecule has 0 radical (unpaired) electrons. The van der Waals surface area contributed by atoms with Crippen LogP contribution in [0.2, 0.25) is 0 Å². The number of carbonyl (C=O) groups excluding carboxylic acids is 2. The highest BCUT2D eigenvalue weighted by Gasteiger charge is 2.27. The molecule has 1 aliphatic carbocycles. The molecule has 4 heteroatoms. The van der Waals surface area contributed by atoms with Crippen molar-refractivity contribution in [1.82, 2.24) is 0 Å². The van der Waals surface area contributed by atoms with Crippen molar-refractivity contribution < 1.29 is 14.3 Å². The summed E-state index contributed by atoms with van der Waals surface area (Å²) in [6.45, 7) is 2.18. The van der Waals surface area contributed by atoms with Gasteiger partial charge in [0.25, 0.3) is 0 Å². The lowest BCUT2D eigenvalue weighted by atomic mass is 9.97. The first-order valence-electron chi connectivity index (χ1n) is 9.10. The number of hydrogen-bond acceptors (Lipinski definition) is 3. The lowest BCUT2D eigenvalue weighted by Gasteiger charge is -2.06. The minimum Gasteiger partial charge on any atom is -0.469 e. The summed E-state index contributed by atoms with van der Waals surface area (Å²) in [5.74, 6) is -0.207. The molecule has 1 unspecified atom stereocenters. The number of ether oxygens (including phenoxy) is 1. The van der Waals surface area contributed by atoms with E-state index in [-0.39, 0.29) is 17.7 Å². The van der Waals surface area contributed by atoms with Gasteiger partial charge in [0.05, 0.1) is 12.1 Å². The average Bonchev–Trinajstić information content (AvgIpc) is 2.88. The van der Waals surface area contributed by atoms with Gasteiger partial charge in [-0.15, -0.1) is 0 Å². The quantitative estimate of drug-likeness (QED) is 0.205. The standard InChI is InChI=1S/C21H29ClO3/c1-3-4-5-6-7-11-14-18-17(16-19(22)21(18)24)13-10-8-9-12-15-20(23)25-2/h7-8,10-11,14,16-17H,3-6,9,12-13,15H2,1-2H3/b10-8-,11-7?,18-14?. The van der Waals surface area contributed by atoms with Crippen LogP contribution in [-0.2, 0) is 14.3 Å². The number of ketones is 1. The van der Waals surface area contributed by atoms with E-state index in [0.29, 0.717) is 11.5 Å². The minimum atomic E-state index is -0.180. The Labute approximate surface area is 156 Å². The second-order valence-electron chi connectivity index (χ2n) is 6.17. The third kappa shape index (κ3) is 8.35. The molecular formula is C21H29ClO3. The van der Waals surface area contributed by atoms with Gasteiger partial charge in [-0.1, -0.05) is 67.8 Å². The zero-order valence-electron chi connectivity index (χ0n) is 15.3. The summed E-state index contributed by atoms with van der Waals surface area (Å²) in [5.41, 5.74) is 0.760. The number of unbranched alkanes of at least 4 members (excludes halogenated alkanes) is 4. The van der Waals surface area contributed by atoms with E-state index in [2.05, 4.69) is 23.8 Å². The zero-order chi connectivity index (χ0) is 18.5. The van der Waals surface area contributed by atoms with Gasteiger partial charge in [-0.3, -0.25) is 9.59 Å². The predicted octanol–water partition coefficient (Wildman–Crippen LogP) is 5.66. The molecule has 0 fully saturated rings. The van der Waals surface area contributed by atoms with Crippen LogP contribution in [0.1, 0.15) is 58.3 Å². The summed E-state index contributed by atoms with van der Waals surface area (Å²) in [5, 5.41) is 0.315. The van der Waals surface area contributed by atoms with Gasteiger partial charge in [0.2, 0.25) is 5.78 Å². The first-order valence-corrected chi connectivity index (χ1v) is 9.48. The van der Waals surface area contributed by atoms with Gasteiger partial charge in [0.1, 0.15) is 0 Å². The third-order valence-corrected chi connectivity index (χ3v) is 4.45. The van der Waals surface area contributed by atoms with Crippen LogP contribution < -0.4 is 0 Å². The first kappa shape index (κ1) is 21.4. The number of hydrogen-bond donors (Lipinski definition) is 0. The molecule has 0 amide bonds. The lowest BCUT2D eigenvalue weighted by molar-refractivity contribution is -0.140. The van der Waals surface area contributed by atoms with E-state index < -0.39 is 0 Å². The summed E-state index contributed by atoms with van der Waals surface area (Å²) in [6.07, 6.45) is 19.4. The highest BCUT2D eigenvalue weighted by atomic mass is 35.5. The molecule has 138 valence electrons. The second kappa shape index (κ2) is 12.7. The van der Waals surface area contributed by atoms with E-state index in [0.717, 1.165) is 31.3 Å². The number of Topliss-reactive ketones (excluding diaryl/α,β-unsaturated/α-hetero) is 1. The molecule has 1 atom stereocenters. The maximum absolute atomic E-state index is 12.1. The van der Waals surface area contributed by atoms with Crippen molar-refractivity contribution >= 4 is 23.4 Å². The highest BCUT2D eigenvalue weighted by Crippen LogP contribution is 2.31. The van der Waals surface area contributed by atoms with E-state index in [9.17, 15) is 9.59 Å². The first-order chi connectivity index (χ1) is 12.1. The van der Waals surface area contributed by atoms with Gasteiger partial charge < -0.3 is 4.74 Å². The number of methoxy groups -OCH3 is 1. The van der Waals surface area contributed by atoms with Gasteiger partial charge >= 0.3 is 5.97 Å². The molecule has 0 aliphatic heterocycles. The van der Waals surface area contributed by atoms with Crippen molar-refractivity contribution in [2.75, 3.05) is 7.11 Å². The highest BCUT2D eigenvalue weighted by molar-refractivity contribution is 6.46. The molecule has 0 aromatic heterocycles. The summed E-state index contributed by atoms with van der Waals surface area (Å²) in [4.78, 5) is 23.2. The maximum Gasteiger partial charge on any atom is 0.305 e. The summed E-state index contributed by atoms with van der Waals surface area (Å²) in [7, 11) is 1.40. The van der Waals surface area contributed by atoms with Crippen molar-refractivity contribution in [2.24, 2.45) is 5.92 Å². The Hall–Kier alpha value is -1.61. The van der Waals surface area contributed by atoms with Crippen LogP contribution in [0.4, 0.5) is 0 Å². The fraction of sp³-hybridized carbons (Fsp3) is 0.524. The van der Waals surface area contributed by atoms with Gasteiger partial charge in [0.15, 0.2) is 0 Å². The number of halogens is 1. The number of allylic oxidation sites excluding steroid dienone is 8. The van der Waals surface area contributed by atoms with Crippen molar-refractivity contribution in [1.29, 1.82) is 0 Å². The molecule has 0 N–H and O–H groups in total. The summed E-state index contributed by atoms with van der Waals surface area (Å²) in [6, 6.07) is 0. The van der Waals surface area contributed by atoms with Gasteiger partial charge in [-0.25, -0.2) is 0 Å². The van der Waals surface area contributed by atoms with Gasteiger partial charge in [-0.2, -0.15) is 0 Å². The molecule has 0 saturated carbocycles. The Kier molecular flexibility index (Phi) is 10.9. The normalized spacial score (nSPS) is 19.3. The summed E-state index contributed by atoms with van der Waals surface area (Å²) < 4.78 is 4.61. The minimum absolute atomic E-state index is 0.0390. The van der Waals surface area contributed by atoms with Crippen molar-refractivity contribution in [3.8, 4) is 0 Å². The van der Waals surface area contributed by atoms with E-state index in [1.54, 1.807) is 0 Å². The molecule has 1 rings (SSSR count). The Morgan fingerprint density at radius 2 is 1.96 bits per heavy atom. The van der Waals surface area contributed by atoms with Crippen LogP contribution in [0.3, 0.4) is 0 Å². The Morgan fingerprint density at radius 1 is 1.20 bits per heavy atom. The van der Waals surface area contributed by atoms with Gasteiger partial charge in [-0.05, 0) is 32.1 Å². The van der Waals surface area contributed by atoms with E-state index in [1.165, 1.54) is 26.4 Å². The largest absolute Gasteiger partial charge is 0.469 e. The molecule has 0 aromatic carbocycles. The molecule has 3 nitrogen and oxygen atoms in total. The smallest absolute Gasteiger partial charge is 0.305 e. The van der Waals surface area contributed by atoms with Crippen LogP contribution in [0.5, 0.6) is 0 Å². The van der Waals surface area contributed by atoms with Crippen molar-refractivity contribution in [3.05, 3.63) is 47.1 Å². The molecule has 25 heavy (non-hydrogen) atoms. The van der Waals surface area contributed by atoms with E-state index >= 15 is 0 Å². The third-order valence-electron chi connectivity index (χ3n) is 4.15. The molecule has 0 bridgehead atoms. The molecule has 1 aliphatic rings. The predicted molar refractivity (Wildman–Crippen MR) is 103 cm³/mol. The molecule has 0 saturated heterocycles. The van der Waals surface area contributed by atoms with E-state index in [4.69, 9.17) is 11.6 Å². The van der Waals surface area contributed by atoms with Crippen LogP contribution in [0.15, 0.2) is 47.1 Å². The maximum atomic E-state index is 12.1. The van der Waals surface area contributed by atoms with Gasteiger partial charge in [0, 0.05) is 17.9 Å². The van der Waals surface area contributed by atoms with Crippen LogP contribution in [0, 0.1) is 5.92 Å². The Bertz CT molecular complexity index is 555. The van der Waals surface area contributed by atoms with Crippen LogP contribution >= 0.6 is 11.6 Å². The van der Waals surface area contributed by atoms with Crippen molar-refractivity contribution in [3.63, 3.8) is 0 Å². The van der Waals surface area contributed by atoms with E-state index in [1.807, 2.05) is 24.3 Å². The lowest BCUT2D eigenvalue weighted by Crippen LogP contribution is -2.02. The number of rotatable bonds is 11. The van der Waals surface area contributed by atoms with Crippen LogP contribution in [-0.4, -0.2) is 18.9 Å². The Balaban J connectivity index is 2.46. The molecule has 0 heterocycles. The van der Waals surface area contributed by atoms with Crippen LogP contribution in [0.25, 0.3) is 0 Å². The average molecular weight is 365 g/mol. The number of esters is 1. The zero-order valence-corrected chi connectivity index (χ0v) is 16.1. The molecule has 0 aromatic rings. The topological polar surface area (TPSA) is 43.4 Å². The fourth-order valence-electron chi connectivity index (χ4n) is 2.65. The second-order valence-corrected chi connectivity index (χ2v) is 6.58. The number of carbonyl (C=O) groups is 2. The SMILES string of the molecule is CCCCCC=CC=C1C(=O)C(Cl)=CC1C/C=C\CCCC(=O)OC. The monoisotopic (exact) mass is 364 g/mol. The summed E-state index contributed by atoms with van der Waals surface area (Å²) >= 11 is 6.02. The molecule has 0 spiro atoms. The van der Waals surface area contributed by atoms with Crippen molar-refractivity contribution in [2.45, 2.75) is 58.3 Å².